The van der Waals surface area contributed by atoms with E-state index in [1.807, 2.05) is 0 Å². The van der Waals surface area contributed by atoms with Gasteiger partial charge in [0.2, 0.25) is 0 Å². The van der Waals surface area contributed by atoms with Crippen LogP contribution in [0.2, 0.25) is 0 Å². The number of rotatable bonds is 5. The van der Waals surface area contributed by atoms with Crippen LogP contribution < -0.4 is 0 Å². The fourth-order valence-electron chi connectivity index (χ4n) is 6.41. The number of ether oxygens (including phenoxy) is 1. The molecule has 1 fully saturated rings. The van der Waals surface area contributed by atoms with E-state index in [-0.39, 0.29) is 24.0 Å². The van der Waals surface area contributed by atoms with Crippen LogP contribution in [0.1, 0.15) is 78.2 Å². The van der Waals surface area contributed by atoms with Gasteiger partial charge in [0.15, 0.2) is 0 Å². The smallest absolute Gasteiger partial charge is 0.409 e. The third-order valence-corrected chi connectivity index (χ3v) is 8.55. The molecule has 7 heteroatoms. The topological polar surface area (TPSA) is 84.7 Å². The Bertz CT molecular complexity index is 1320. The van der Waals surface area contributed by atoms with Gasteiger partial charge in [-0.1, -0.05) is 24.3 Å². The van der Waals surface area contributed by atoms with E-state index in [1.54, 1.807) is 4.90 Å². The van der Waals surface area contributed by atoms with Crippen molar-refractivity contribution in [2.24, 2.45) is 5.92 Å². The van der Waals surface area contributed by atoms with Crippen molar-refractivity contribution in [2.75, 3.05) is 13.7 Å². The zero-order chi connectivity index (χ0) is 26.3. The Hall–Kier alpha value is -3.35. The lowest BCUT2D eigenvalue weighted by atomic mass is 9.81. The van der Waals surface area contributed by atoms with Gasteiger partial charge in [0.05, 0.1) is 30.6 Å². The Balaban J connectivity index is 1.59. The van der Waals surface area contributed by atoms with Gasteiger partial charge in [-0.2, -0.15) is 0 Å². The summed E-state index contributed by atoms with van der Waals surface area (Å²) in [6.07, 6.45) is 4.39. The van der Waals surface area contributed by atoms with E-state index in [4.69, 9.17) is 9.72 Å². The van der Waals surface area contributed by atoms with Crippen LogP contribution in [0.4, 0.5) is 4.79 Å². The molecule has 2 aliphatic rings. The molecule has 5 rings (SSSR count). The second-order valence-corrected chi connectivity index (χ2v) is 10.9. The van der Waals surface area contributed by atoms with Gasteiger partial charge >= 0.3 is 12.1 Å². The van der Waals surface area contributed by atoms with E-state index in [0.717, 1.165) is 48.1 Å². The Kier molecular flexibility index (Phi) is 6.97. The van der Waals surface area contributed by atoms with Crippen molar-refractivity contribution in [3.05, 3.63) is 64.0 Å². The van der Waals surface area contributed by atoms with Gasteiger partial charge in [-0.05, 0) is 87.6 Å². The number of nitrogens with zero attached hydrogens (tertiary/aromatic N) is 3. The van der Waals surface area contributed by atoms with Crippen molar-refractivity contribution < 1.29 is 19.4 Å². The predicted octanol–water partition coefficient (Wildman–Crippen LogP) is 5.94. The average Bonchev–Trinajstić information content (AvgIpc) is 3.30. The van der Waals surface area contributed by atoms with E-state index in [1.165, 1.54) is 29.4 Å². The molecule has 1 N–H and O–H groups in total. The van der Waals surface area contributed by atoms with Gasteiger partial charge in [0, 0.05) is 24.1 Å². The minimum atomic E-state index is -0.688. The van der Waals surface area contributed by atoms with Crippen molar-refractivity contribution >= 4 is 23.1 Å². The van der Waals surface area contributed by atoms with E-state index >= 15 is 0 Å². The first-order chi connectivity index (χ1) is 17.8. The van der Waals surface area contributed by atoms with Gasteiger partial charge < -0.3 is 19.3 Å². The first-order valence-corrected chi connectivity index (χ1v) is 13.4. The second-order valence-electron chi connectivity index (χ2n) is 10.9. The zero-order valence-electron chi connectivity index (χ0n) is 22.3. The van der Waals surface area contributed by atoms with Gasteiger partial charge in [0.1, 0.15) is 5.82 Å². The lowest BCUT2D eigenvalue weighted by Gasteiger charge is -2.28. The minimum Gasteiger partial charge on any atom is -0.481 e. The summed E-state index contributed by atoms with van der Waals surface area (Å²) in [6, 6.07) is 11.0. The number of benzene rings is 2. The number of fused-ring (bicyclic) bond motifs is 3. The van der Waals surface area contributed by atoms with Crippen LogP contribution in [-0.4, -0.2) is 45.3 Å². The Labute approximate surface area is 218 Å². The Morgan fingerprint density at radius 3 is 2.46 bits per heavy atom. The maximum absolute atomic E-state index is 12.3. The number of amides is 1. The number of methoxy groups -OCH3 is 1. The molecule has 3 aromatic rings. The van der Waals surface area contributed by atoms with Gasteiger partial charge in [-0.25, -0.2) is 9.78 Å². The van der Waals surface area contributed by atoms with Crippen LogP contribution >= 0.6 is 0 Å². The predicted molar refractivity (Wildman–Crippen MR) is 143 cm³/mol. The fourth-order valence-corrected chi connectivity index (χ4v) is 6.41. The summed E-state index contributed by atoms with van der Waals surface area (Å²) in [6.45, 7) is 7.74. The summed E-state index contributed by atoms with van der Waals surface area (Å²) < 4.78 is 7.42. The van der Waals surface area contributed by atoms with Crippen molar-refractivity contribution in [2.45, 2.75) is 77.8 Å². The Morgan fingerprint density at radius 1 is 1.11 bits per heavy atom. The molecule has 1 atom stereocenters. The standard InChI is InChI=1S/C30H37N3O4/c1-18-6-5-7-19(2)24(18)16-20(3)33-26-13-12-21-14-15-32(30(36)37-4)17-25(21)27(26)31-28(33)22-8-10-23(11-9-22)29(34)35/h5-7,12-13,20,22-23H,8-11,14-17H2,1-4H3,(H,34,35)/t20-,22-,23-/m0/s1. The number of aliphatic carboxylic acids is 1. The number of hydrogen-bond donors (Lipinski definition) is 1. The van der Waals surface area contributed by atoms with Gasteiger partial charge in [-0.15, -0.1) is 0 Å². The molecule has 1 amide bonds. The molecule has 196 valence electrons. The highest BCUT2D eigenvalue weighted by atomic mass is 16.5. The summed E-state index contributed by atoms with van der Waals surface area (Å²) in [7, 11) is 1.42. The van der Waals surface area contributed by atoms with E-state index in [9.17, 15) is 14.7 Å². The number of carbonyl (C=O) groups is 2. The van der Waals surface area contributed by atoms with Crippen LogP contribution in [0.3, 0.4) is 0 Å². The molecule has 0 radical (unpaired) electrons. The minimum absolute atomic E-state index is 0.176. The fraction of sp³-hybridized carbons (Fsp3) is 0.500. The number of carboxylic acid groups (broad SMARTS) is 1. The molecule has 2 aromatic carbocycles. The number of aromatic nitrogens is 2. The SMILES string of the molecule is COC(=O)N1CCc2ccc3c(nc([C@H]4CC[C@H](C(=O)O)CC4)n3[C@@H](C)Cc3c(C)cccc3C)c2C1. The van der Waals surface area contributed by atoms with Crippen LogP contribution in [-0.2, 0) is 28.9 Å². The lowest BCUT2D eigenvalue weighted by molar-refractivity contribution is -0.142. The number of hydrogen-bond acceptors (Lipinski definition) is 4. The first kappa shape index (κ1) is 25.3. The van der Waals surface area contributed by atoms with Crippen molar-refractivity contribution in [1.29, 1.82) is 0 Å². The first-order valence-electron chi connectivity index (χ1n) is 13.4. The second kappa shape index (κ2) is 10.2. The van der Waals surface area contributed by atoms with Crippen LogP contribution in [0.5, 0.6) is 0 Å². The molecule has 37 heavy (non-hydrogen) atoms. The number of imidazole rings is 1. The quantitative estimate of drug-likeness (QED) is 0.466. The average molecular weight is 504 g/mol. The van der Waals surface area contributed by atoms with Crippen molar-refractivity contribution in [3.63, 3.8) is 0 Å². The Morgan fingerprint density at radius 2 is 1.81 bits per heavy atom. The zero-order valence-corrected chi connectivity index (χ0v) is 22.3. The van der Waals surface area contributed by atoms with E-state index < -0.39 is 5.97 Å². The lowest BCUT2D eigenvalue weighted by Crippen LogP contribution is -2.35. The monoisotopic (exact) mass is 503 g/mol. The molecule has 1 aromatic heterocycles. The number of aryl methyl sites for hydroxylation is 2. The molecule has 0 spiro atoms. The molecule has 1 saturated carbocycles. The largest absolute Gasteiger partial charge is 0.481 e. The molecule has 2 heterocycles. The maximum Gasteiger partial charge on any atom is 0.409 e. The highest BCUT2D eigenvalue weighted by Gasteiger charge is 2.32. The molecule has 7 nitrogen and oxygen atoms in total. The number of carbonyl (C=O) groups excluding carboxylic acids is 1. The van der Waals surface area contributed by atoms with Crippen molar-refractivity contribution in [3.8, 4) is 0 Å². The third-order valence-electron chi connectivity index (χ3n) is 8.55. The summed E-state index contributed by atoms with van der Waals surface area (Å²) in [5, 5.41) is 9.53. The van der Waals surface area contributed by atoms with Crippen LogP contribution in [0.25, 0.3) is 11.0 Å². The molecule has 0 bridgehead atoms. The van der Waals surface area contributed by atoms with Gasteiger partial charge in [0.25, 0.3) is 0 Å². The molecular formula is C30H37N3O4. The highest BCUT2D eigenvalue weighted by Crippen LogP contribution is 2.40. The highest BCUT2D eigenvalue weighted by molar-refractivity contribution is 5.82. The van der Waals surface area contributed by atoms with Crippen LogP contribution in [0, 0.1) is 19.8 Å². The van der Waals surface area contributed by atoms with Gasteiger partial charge in [-0.3, -0.25) is 4.79 Å². The normalized spacial score (nSPS) is 20.5. The molecule has 0 saturated heterocycles. The summed E-state index contributed by atoms with van der Waals surface area (Å²) in [4.78, 5) is 30.9. The molecular weight excluding hydrogens is 466 g/mol. The van der Waals surface area contributed by atoms with Crippen molar-refractivity contribution in [1.82, 2.24) is 14.5 Å². The molecule has 1 aliphatic heterocycles. The van der Waals surface area contributed by atoms with E-state index in [0.29, 0.717) is 25.9 Å². The summed E-state index contributed by atoms with van der Waals surface area (Å²) >= 11 is 0. The van der Waals surface area contributed by atoms with E-state index in [2.05, 4.69) is 55.7 Å². The maximum atomic E-state index is 12.3. The summed E-state index contributed by atoms with van der Waals surface area (Å²) in [5.74, 6) is 0.329. The number of carboxylic acids is 1. The molecule has 0 unspecified atom stereocenters. The van der Waals surface area contributed by atoms with Crippen LogP contribution in [0.15, 0.2) is 30.3 Å². The third kappa shape index (κ3) is 4.72. The molecule has 1 aliphatic carbocycles. The summed E-state index contributed by atoms with van der Waals surface area (Å²) in [5.41, 5.74) is 8.37.